The first kappa shape index (κ1) is 14.7. The number of benzene rings is 1. The minimum atomic E-state index is -0.232. The standard InChI is InChI=1S/C15H22O3/c1-15(2,18-4)9-8-13(16)10-12-6-5-7-14(11-12)17-3/h5-7,11H,8-10H2,1-4H3. The van der Waals surface area contributed by atoms with Gasteiger partial charge in [0.05, 0.1) is 12.7 Å². The number of carbonyl (C=O) groups excluding carboxylic acids is 1. The van der Waals surface area contributed by atoms with E-state index in [9.17, 15) is 4.79 Å². The third-order valence-corrected chi connectivity index (χ3v) is 3.09. The summed E-state index contributed by atoms with van der Waals surface area (Å²) in [4.78, 5) is 11.9. The van der Waals surface area contributed by atoms with Gasteiger partial charge in [0.1, 0.15) is 11.5 Å². The molecule has 3 nitrogen and oxygen atoms in total. The lowest BCUT2D eigenvalue weighted by atomic mass is 9.98. The van der Waals surface area contributed by atoms with Crippen LogP contribution >= 0.6 is 0 Å². The summed E-state index contributed by atoms with van der Waals surface area (Å²) in [6, 6.07) is 7.63. The van der Waals surface area contributed by atoms with E-state index in [1.165, 1.54) is 0 Å². The summed E-state index contributed by atoms with van der Waals surface area (Å²) in [5.74, 6) is 1.02. The zero-order valence-electron chi connectivity index (χ0n) is 11.7. The molecule has 1 aromatic rings. The summed E-state index contributed by atoms with van der Waals surface area (Å²) >= 11 is 0. The lowest BCUT2D eigenvalue weighted by molar-refractivity contribution is -0.119. The minimum absolute atomic E-state index is 0.230. The van der Waals surface area contributed by atoms with Crippen LogP contribution in [-0.4, -0.2) is 25.6 Å². The van der Waals surface area contributed by atoms with E-state index in [0.717, 1.165) is 17.7 Å². The highest BCUT2D eigenvalue weighted by molar-refractivity contribution is 5.81. The van der Waals surface area contributed by atoms with Crippen molar-refractivity contribution in [2.45, 2.75) is 38.7 Å². The van der Waals surface area contributed by atoms with Crippen LogP contribution in [0.4, 0.5) is 0 Å². The molecule has 0 atom stereocenters. The lowest BCUT2D eigenvalue weighted by Crippen LogP contribution is -2.23. The Balaban J connectivity index is 2.49. The molecule has 0 saturated carbocycles. The van der Waals surface area contributed by atoms with Crippen LogP contribution in [0, 0.1) is 0 Å². The number of methoxy groups -OCH3 is 2. The van der Waals surface area contributed by atoms with Gasteiger partial charge in [-0.2, -0.15) is 0 Å². The third-order valence-electron chi connectivity index (χ3n) is 3.09. The molecule has 0 spiro atoms. The van der Waals surface area contributed by atoms with Crippen LogP contribution in [0.1, 0.15) is 32.3 Å². The molecule has 0 N–H and O–H groups in total. The van der Waals surface area contributed by atoms with Gasteiger partial charge in [-0.25, -0.2) is 0 Å². The topological polar surface area (TPSA) is 35.5 Å². The minimum Gasteiger partial charge on any atom is -0.497 e. The first-order valence-electron chi connectivity index (χ1n) is 6.16. The predicted molar refractivity (Wildman–Crippen MR) is 72.0 cm³/mol. The second-order valence-corrected chi connectivity index (χ2v) is 5.03. The predicted octanol–water partition coefficient (Wildman–Crippen LogP) is 3.01. The van der Waals surface area contributed by atoms with Gasteiger partial charge in [-0.15, -0.1) is 0 Å². The fraction of sp³-hybridized carbons (Fsp3) is 0.533. The van der Waals surface area contributed by atoms with E-state index in [1.54, 1.807) is 14.2 Å². The summed E-state index contributed by atoms with van der Waals surface area (Å²) in [5, 5.41) is 0. The zero-order valence-corrected chi connectivity index (χ0v) is 11.7. The molecule has 0 radical (unpaired) electrons. The van der Waals surface area contributed by atoms with E-state index in [-0.39, 0.29) is 11.4 Å². The fourth-order valence-corrected chi connectivity index (χ4v) is 1.64. The van der Waals surface area contributed by atoms with Gasteiger partial charge >= 0.3 is 0 Å². The number of ketones is 1. The van der Waals surface area contributed by atoms with E-state index >= 15 is 0 Å². The number of hydrogen-bond donors (Lipinski definition) is 0. The molecule has 0 amide bonds. The maximum Gasteiger partial charge on any atom is 0.137 e. The molecule has 1 rings (SSSR count). The number of ether oxygens (including phenoxy) is 2. The molecule has 0 heterocycles. The van der Waals surface area contributed by atoms with Gasteiger partial charge in [0.25, 0.3) is 0 Å². The van der Waals surface area contributed by atoms with E-state index in [2.05, 4.69) is 0 Å². The molecule has 0 unspecified atom stereocenters. The molecule has 0 saturated heterocycles. The van der Waals surface area contributed by atoms with Crippen molar-refractivity contribution in [3.8, 4) is 5.75 Å². The molecule has 0 aliphatic heterocycles. The van der Waals surface area contributed by atoms with Gasteiger partial charge in [-0.05, 0) is 38.0 Å². The Morgan fingerprint density at radius 1 is 1.28 bits per heavy atom. The molecular weight excluding hydrogens is 228 g/mol. The van der Waals surface area contributed by atoms with E-state index in [4.69, 9.17) is 9.47 Å². The molecule has 0 aliphatic carbocycles. The van der Waals surface area contributed by atoms with Crippen molar-refractivity contribution in [2.24, 2.45) is 0 Å². The fourth-order valence-electron chi connectivity index (χ4n) is 1.64. The third kappa shape index (κ3) is 4.88. The van der Waals surface area contributed by atoms with Crippen LogP contribution in [0.25, 0.3) is 0 Å². The molecule has 0 aromatic heterocycles. The largest absolute Gasteiger partial charge is 0.497 e. The van der Waals surface area contributed by atoms with Gasteiger partial charge in [0.2, 0.25) is 0 Å². The highest BCUT2D eigenvalue weighted by atomic mass is 16.5. The Morgan fingerprint density at radius 3 is 2.61 bits per heavy atom. The second kappa shape index (κ2) is 6.55. The molecule has 100 valence electrons. The van der Waals surface area contributed by atoms with Crippen molar-refractivity contribution in [1.29, 1.82) is 0 Å². The van der Waals surface area contributed by atoms with E-state index in [0.29, 0.717) is 12.8 Å². The van der Waals surface area contributed by atoms with Crippen LogP contribution in [0.15, 0.2) is 24.3 Å². The molecule has 0 bridgehead atoms. The highest BCUT2D eigenvalue weighted by Gasteiger charge is 2.18. The maximum absolute atomic E-state index is 11.9. The Bertz CT molecular complexity index is 396. The van der Waals surface area contributed by atoms with Crippen LogP contribution in [0.2, 0.25) is 0 Å². The monoisotopic (exact) mass is 250 g/mol. The Labute approximate surface area is 109 Å². The van der Waals surface area contributed by atoms with Gasteiger partial charge in [-0.1, -0.05) is 12.1 Å². The molecule has 1 aromatic carbocycles. The quantitative estimate of drug-likeness (QED) is 0.746. The van der Waals surface area contributed by atoms with Crippen molar-refractivity contribution in [1.82, 2.24) is 0 Å². The smallest absolute Gasteiger partial charge is 0.137 e. The highest BCUT2D eigenvalue weighted by Crippen LogP contribution is 2.18. The number of hydrogen-bond acceptors (Lipinski definition) is 3. The Kier molecular flexibility index (Phi) is 5.35. The number of carbonyl (C=O) groups is 1. The normalized spacial score (nSPS) is 11.3. The van der Waals surface area contributed by atoms with Gasteiger partial charge < -0.3 is 9.47 Å². The van der Waals surface area contributed by atoms with Crippen LogP contribution in [-0.2, 0) is 16.0 Å². The first-order chi connectivity index (χ1) is 8.46. The van der Waals surface area contributed by atoms with Crippen molar-refractivity contribution >= 4 is 5.78 Å². The van der Waals surface area contributed by atoms with Crippen LogP contribution in [0.5, 0.6) is 5.75 Å². The van der Waals surface area contributed by atoms with Gasteiger partial charge in [0.15, 0.2) is 0 Å². The first-order valence-corrected chi connectivity index (χ1v) is 6.16. The van der Waals surface area contributed by atoms with Crippen molar-refractivity contribution in [2.75, 3.05) is 14.2 Å². The Hall–Kier alpha value is -1.35. The average Bonchev–Trinajstić information content (AvgIpc) is 2.37. The molecule has 18 heavy (non-hydrogen) atoms. The lowest BCUT2D eigenvalue weighted by Gasteiger charge is -2.22. The molecule has 3 heteroatoms. The van der Waals surface area contributed by atoms with Crippen molar-refractivity contribution < 1.29 is 14.3 Å². The van der Waals surface area contributed by atoms with Crippen molar-refractivity contribution in [3.05, 3.63) is 29.8 Å². The summed E-state index contributed by atoms with van der Waals surface area (Å²) < 4.78 is 10.4. The average molecular weight is 250 g/mol. The second-order valence-electron chi connectivity index (χ2n) is 5.03. The molecule has 0 aliphatic rings. The van der Waals surface area contributed by atoms with E-state index < -0.39 is 0 Å². The summed E-state index contributed by atoms with van der Waals surface area (Å²) in [6.45, 7) is 3.98. The number of rotatable bonds is 7. The molecule has 0 fully saturated rings. The summed E-state index contributed by atoms with van der Waals surface area (Å²) in [5.41, 5.74) is 0.763. The van der Waals surface area contributed by atoms with Crippen LogP contribution < -0.4 is 4.74 Å². The number of Topliss-reactive ketones (excluding diaryl/α,β-unsaturated/α-hetero) is 1. The summed E-state index contributed by atoms with van der Waals surface area (Å²) in [7, 11) is 3.30. The zero-order chi connectivity index (χ0) is 13.6. The molecular formula is C15H22O3. The van der Waals surface area contributed by atoms with Crippen LogP contribution in [0.3, 0.4) is 0 Å². The van der Waals surface area contributed by atoms with Crippen molar-refractivity contribution in [3.63, 3.8) is 0 Å². The maximum atomic E-state index is 11.9. The van der Waals surface area contributed by atoms with Gasteiger partial charge in [-0.3, -0.25) is 4.79 Å². The van der Waals surface area contributed by atoms with E-state index in [1.807, 2.05) is 38.1 Å². The summed E-state index contributed by atoms with van der Waals surface area (Å²) in [6.07, 6.45) is 1.74. The van der Waals surface area contributed by atoms with Gasteiger partial charge in [0, 0.05) is 20.0 Å². The SMILES string of the molecule is COc1cccc(CC(=O)CCC(C)(C)OC)c1. The Morgan fingerprint density at radius 2 is 2.00 bits per heavy atom.